The van der Waals surface area contributed by atoms with Crippen LogP contribution >= 0.6 is 0 Å². The van der Waals surface area contributed by atoms with Gasteiger partial charge in [-0.3, -0.25) is 4.79 Å². The molecule has 0 saturated heterocycles. The maximum atomic E-state index is 12.2. The van der Waals surface area contributed by atoms with E-state index < -0.39 is 0 Å². The Morgan fingerprint density at radius 2 is 1.88 bits per heavy atom. The van der Waals surface area contributed by atoms with E-state index in [0.29, 0.717) is 6.42 Å². The van der Waals surface area contributed by atoms with Crippen molar-refractivity contribution in [1.29, 1.82) is 0 Å². The van der Waals surface area contributed by atoms with Gasteiger partial charge in [0.1, 0.15) is 11.5 Å². The van der Waals surface area contributed by atoms with Crippen LogP contribution in [-0.4, -0.2) is 11.9 Å². The van der Waals surface area contributed by atoms with Gasteiger partial charge in [-0.05, 0) is 56.5 Å². The largest absolute Gasteiger partial charge is 0.464 e. The van der Waals surface area contributed by atoms with Gasteiger partial charge in [-0.1, -0.05) is 12.1 Å². The van der Waals surface area contributed by atoms with Crippen molar-refractivity contribution in [3.8, 4) is 0 Å². The molecule has 3 N–H and O–H groups in total. The topological polar surface area (TPSA) is 83.4 Å². The molecule has 0 fully saturated rings. The molecule has 1 aliphatic rings. The van der Waals surface area contributed by atoms with E-state index in [1.165, 1.54) is 0 Å². The minimum Gasteiger partial charge on any atom is -0.464 e. The van der Waals surface area contributed by atoms with Crippen molar-refractivity contribution in [2.75, 3.05) is 5.32 Å². The number of hydrogen-bond acceptors (Lipinski definition) is 3. The summed E-state index contributed by atoms with van der Waals surface area (Å²) in [7, 11) is 0. The predicted octanol–water partition coefficient (Wildman–Crippen LogP) is 3.59. The Balaban J connectivity index is 1.61. The Morgan fingerprint density at radius 1 is 1.12 bits per heavy atom. The third-order valence-electron chi connectivity index (χ3n) is 4.41. The van der Waals surface area contributed by atoms with Gasteiger partial charge in [0, 0.05) is 12.1 Å². The Labute approximate surface area is 147 Å². The third kappa shape index (κ3) is 4.02. The van der Waals surface area contributed by atoms with E-state index in [9.17, 15) is 9.59 Å². The van der Waals surface area contributed by atoms with Crippen LogP contribution in [0.15, 0.2) is 34.7 Å². The van der Waals surface area contributed by atoms with E-state index in [1.807, 2.05) is 51.1 Å². The number of rotatable bonds is 4. The molecule has 2 atom stereocenters. The Bertz CT molecular complexity index is 797. The van der Waals surface area contributed by atoms with Crippen LogP contribution < -0.4 is 16.0 Å². The monoisotopic (exact) mass is 341 g/mol. The van der Waals surface area contributed by atoms with Gasteiger partial charge >= 0.3 is 6.03 Å². The van der Waals surface area contributed by atoms with E-state index in [4.69, 9.17) is 4.42 Å². The van der Waals surface area contributed by atoms with Gasteiger partial charge in [0.2, 0.25) is 5.91 Å². The molecule has 0 bridgehead atoms. The van der Waals surface area contributed by atoms with Crippen molar-refractivity contribution in [2.45, 2.75) is 45.7 Å². The van der Waals surface area contributed by atoms with Gasteiger partial charge < -0.3 is 20.4 Å². The summed E-state index contributed by atoms with van der Waals surface area (Å²) in [6.07, 6.45) is 1.22. The fourth-order valence-electron chi connectivity index (χ4n) is 2.95. The van der Waals surface area contributed by atoms with E-state index in [1.54, 1.807) is 0 Å². The number of aryl methyl sites for hydroxylation is 2. The predicted molar refractivity (Wildman–Crippen MR) is 95.3 cm³/mol. The fourth-order valence-corrected chi connectivity index (χ4v) is 2.95. The number of hydrogen-bond donors (Lipinski definition) is 3. The molecule has 3 rings (SSSR count). The average Bonchev–Trinajstić information content (AvgIpc) is 3.00. The van der Waals surface area contributed by atoms with Crippen LogP contribution in [0.5, 0.6) is 0 Å². The summed E-state index contributed by atoms with van der Waals surface area (Å²) in [6, 6.07) is 8.99. The molecule has 2 aromatic rings. The third-order valence-corrected chi connectivity index (χ3v) is 4.41. The van der Waals surface area contributed by atoms with Crippen molar-refractivity contribution < 1.29 is 14.0 Å². The second kappa shape index (κ2) is 7.01. The van der Waals surface area contributed by atoms with Crippen LogP contribution in [0.4, 0.5) is 10.5 Å². The van der Waals surface area contributed by atoms with Crippen LogP contribution in [0.2, 0.25) is 0 Å². The summed E-state index contributed by atoms with van der Waals surface area (Å²) in [4.78, 5) is 23.7. The van der Waals surface area contributed by atoms with Crippen molar-refractivity contribution in [3.63, 3.8) is 0 Å². The molecule has 25 heavy (non-hydrogen) atoms. The zero-order valence-electron chi connectivity index (χ0n) is 14.7. The second-order valence-corrected chi connectivity index (χ2v) is 6.47. The van der Waals surface area contributed by atoms with Gasteiger partial charge in [0.05, 0.1) is 12.1 Å². The number of amides is 3. The van der Waals surface area contributed by atoms with Crippen molar-refractivity contribution in [1.82, 2.24) is 10.6 Å². The Hall–Kier alpha value is -2.76. The molecule has 1 aromatic heterocycles. The summed E-state index contributed by atoms with van der Waals surface area (Å²) < 4.78 is 5.53. The van der Waals surface area contributed by atoms with Crippen LogP contribution in [0, 0.1) is 6.92 Å². The van der Waals surface area contributed by atoms with Crippen LogP contribution in [0.25, 0.3) is 0 Å². The zero-order chi connectivity index (χ0) is 18.0. The minimum absolute atomic E-state index is 0.0490. The molecule has 1 aliphatic heterocycles. The molecule has 6 nitrogen and oxygen atoms in total. The summed E-state index contributed by atoms with van der Waals surface area (Å²) in [5, 5.41) is 8.68. The average molecular weight is 341 g/mol. The molecule has 0 saturated carbocycles. The lowest BCUT2D eigenvalue weighted by atomic mass is 9.98. The van der Waals surface area contributed by atoms with Gasteiger partial charge in [-0.25, -0.2) is 4.79 Å². The normalized spacial score (nSPS) is 15.7. The quantitative estimate of drug-likeness (QED) is 0.794. The Morgan fingerprint density at radius 3 is 2.60 bits per heavy atom. The fraction of sp³-hybridized carbons (Fsp3) is 0.368. The van der Waals surface area contributed by atoms with E-state index in [-0.39, 0.29) is 24.0 Å². The molecule has 1 aromatic carbocycles. The first-order chi connectivity index (χ1) is 11.9. The van der Waals surface area contributed by atoms with Crippen LogP contribution in [0.3, 0.4) is 0 Å². The highest BCUT2D eigenvalue weighted by Gasteiger charge is 2.18. The molecular weight excluding hydrogens is 318 g/mol. The first kappa shape index (κ1) is 17.1. The van der Waals surface area contributed by atoms with Crippen LogP contribution in [-0.2, 0) is 11.2 Å². The van der Waals surface area contributed by atoms with E-state index in [2.05, 4.69) is 16.0 Å². The molecule has 0 unspecified atom stereocenters. The van der Waals surface area contributed by atoms with Crippen molar-refractivity contribution in [3.05, 3.63) is 53.0 Å². The summed E-state index contributed by atoms with van der Waals surface area (Å²) in [5.41, 5.74) is 2.97. The maximum Gasteiger partial charge on any atom is 0.315 e. The number of urea groups is 1. The maximum absolute atomic E-state index is 12.2. The SMILES string of the molecule is Cc1ccc([C@@H](C)NC(=O)N[C@H](C)c2ccc3c(c2)CCC(=O)N3)o1. The van der Waals surface area contributed by atoms with Gasteiger partial charge in [-0.15, -0.1) is 0 Å². The summed E-state index contributed by atoms with van der Waals surface area (Å²) in [5.74, 6) is 1.59. The zero-order valence-corrected chi connectivity index (χ0v) is 14.7. The number of benzene rings is 1. The van der Waals surface area contributed by atoms with Crippen LogP contribution in [0.1, 0.15) is 55.0 Å². The highest BCUT2D eigenvalue weighted by atomic mass is 16.3. The number of fused-ring (bicyclic) bond motifs is 1. The summed E-state index contributed by atoms with van der Waals surface area (Å²) >= 11 is 0. The highest BCUT2D eigenvalue weighted by Crippen LogP contribution is 2.26. The smallest absolute Gasteiger partial charge is 0.315 e. The lowest BCUT2D eigenvalue weighted by Crippen LogP contribution is -2.38. The molecule has 132 valence electrons. The number of carbonyl (C=O) groups excluding carboxylic acids is 2. The molecule has 3 amide bonds. The lowest BCUT2D eigenvalue weighted by Gasteiger charge is -2.21. The van der Waals surface area contributed by atoms with Gasteiger partial charge in [-0.2, -0.15) is 0 Å². The molecule has 0 aliphatic carbocycles. The molecule has 6 heteroatoms. The van der Waals surface area contributed by atoms with Crippen molar-refractivity contribution in [2.24, 2.45) is 0 Å². The number of furan rings is 1. The van der Waals surface area contributed by atoms with Crippen molar-refractivity contribution >= 4 is 17.6 Å². The first-order valence-corrected chi connectivity index (χ1v) is 8.48. The van der Waals surface area contributed by atoms with Gasteiger partial charge in [0.25, 0.3) is 0 Å². The highest BCUT2D eigenvalue weighted by molar-refractivity contribution is 5.93. The number of anilines is 1. The lowest BCUT2D eigenvalue weighted by molar-refractivity contribution is -0.116. The number of carbonyl (C=O) groups is 2. The molecule has 0 spiro atoms. The van der Waals surface area contributed by atoms with E-state index >= 15 is 0 Å². The van der Waals surface area contributed by atoms with E-state index in [0.717, 1.165) is 34.8 Å². The number of nitrogens with one attached hydrogen (secondary N) is 3. The standard InChI is InChI=1S/C19H23N3O3/c1-11-4-8-17(25-11)13(3)21-19(24)20-12(2)14-5-7-16-15(10-14)6-9-18(23)22-16/h4-5,7-8,10,12-13H,6,9H2,1-3H3,(H,22,23)(H2,20,21,24)/t12-,13-/m1/s1. The second-order valence-electron chi connectivity index (χ2n) is 6.47. The Kier molecular flexibility index (Phi) is 4.79. The minimum atomic E-state index is -0.250. The molecule has 2 heterocycles. The molecule has 0 radical (unpaired) electrons. The summed E-state index contributed by atoms with van der Waals surface area (Å²) in [6.45, 7) is 5.69. The first-order valence-electron chi connectivity index (χ1n) is 8.48. The molecular formula is C19H23N3O3. The van der Waals surface area contributed by atoms with Gasteiger partial charge in [0.15, 0.2) is 0 Å².